The Labute approximate surface area is 154 Å². The SMILES string of the molecule is CC(=O)N1CCN(c2ccccc2CNCc2cnc3n2CCC3)CC1. The molecule has 1 amide bonds. The largest absolute Gasteiger partial charge is 0.368 e. The quantitative estimate of drug-likeness (QED) is 0.890. The highest BCUT2D eigenvalue weighted by Crippen LogP contribution is 2.22. The van der Waals surface area contributed by atoms with Crippen LogP contribution in [0.15, 0.2) is 30.5 Å². The number of anilines is 1. The van der Waals surface area contributed by atoms with Crippen LogP contribution in [0.1, 0.15) is 30.4 Å². The van der Waals surface area contributed by atoms with Crippen LogP contribution in [-0.4, -0.2) is 46.5 Å². The first-order valence-electron chi connectivity index (χ1n) is 9.55. The molecule has 0 radical (unpaired) electrons. The maximum absolute atomic E-state index is 11.5. The predicted molar refractivity (Wildman–Crippen MR) is 102 cm³/mol. The summed E-state index contributed by atoms with van der Waals surface area (Å²) in [5, 5.41) is 3.59. The lowest BCUT2D eigenvalue weighted by Crippen LogP contribution is -2.48. The lowest BCUT2D eigenvalue weighted by molar-refractivity contribution is -0.129. The number of hydrogen-bond donors (Lipinski definition) is 1. The van der Waals surface area contributed by atoms with Crippen LogP contribution in [0.4, 0.5) is 5.69 Å². The summed E-state index contributed by atoms with van der Waals surface area (Å²) in [7, 11) is 0. The van der Waals surface area contributed by atoms with Gasteiger partial charge in [0.25, 0.3) is 0 Å². The molecule has 1 N–H and O–H groups in total. The molecule has 0 saturated carbocycles. The van der Waals surface area contributed by atoms with Crippen molar-refractivity contribution in [3.05, 3.63) is 47.5 Å². The van der Waals surface area contributed by atoms with E-state index in [-0.39, 0.29) is 5.91 Å². The van der Waals surface area contributed by atoms with E-state index in [0.29, 0.717) is 0 Å². The third kappa shape index (κ3) is 3.46. The number of carbonyl (C=O) groups is 1. The Hall–Kier alpha value is -2.34. The van der Waals surface area contributed by atoms with Crippen LogP contribution in [0, 0.1) is 0 Å². The topological polar surface area (TPSA) is 53.4 Å². The van der Waals surface area contributed by atoms with E-state index in [1.165, 1.54) is 29.2 Å². The number of rotatable bonds is 5. The monoisotopic (exact) mass is 353 g/mol. The second-order valence-corrected chi connectivity index (χ2v) is 7.15. The maximum Gasteiger partial charge on any atom is 0.219 e. The number of amides is 1. The number of hydrogen-bond acceptors (Lipinski definition) is 4. The molecule has 0 atom stereocenters. The summed E-state index contributed by atoms with van der Waals surface area (Å²) in [6.45, 7) is 7.84. The molecule has 3 heterocycles. The molecule has 6 nitrogen and oxygen atoms in total. The number of imidazole rings is 1. The van der Waals surface area contributed by atoms with Gasteiger partial charge in [0.2, 0.25) is 5.91 Å². The molecule has 6 heteroatoms. The van der Waals surface area contributed by atoms with Crippen molar-refractivity contribution in [1.82, 2.24) is 19.8 Å². The second-order valence-electron chi connectivity index (χ2n) is 7.15. The molecule has 0 spiro atoms. The number of aromatic nitrogens is 2. The van der Waals surface area contributed by atoms with Gasteiger partial charge in [-0.15, -0.1) is 0 Å². The van der Waals surface area contributed by atoms with Crippen LogP contribution in [0.25, 0.3) is 0 Å². The first kappa shape index (κ1) is 17.1. The third-order valence-corrected chi connectivity index (χ3v) is 5.48. The number of aryl methyl sites for hydroxylation is 1. The van der Waals surface area contributed by atoms with E-state index in [0.717, 1.165) is 52.2 Å². The number of nitrogens with zero attached hydrogens (tertiary/aromatic N) is 4. The summed E-state index contributed by atoms with van der Waals surface area (Å²) >= 11 is 0. The van der Waals surface area contributed by atoms with E-state index in [4.69, 9.17) is 0 Å². The van der Waals surface area contributed by atoms with E-state index in [2.05, 4.69) is 44.0 Å². The smallest absolute Gasteiger partial charge is 0.219 e. The van der Waals surface area contributed by atoms with Crippen molar-refractivity contribution in [3.63, 3.8) is 0 Å². The van der Waals surface area contributed by atoms with E-state index in [1.54, 1.807) is 6.92 Å². The zero-order valence-electron chi connectivity index (χ0n) is 15.4. The fourth-order valence-corrected chi connectivity index (χ4v) is 4.02. The summed E-state index contributed by atoms with van der Waals surface area (Å²) in [5.41, 5.74) is 3.87. The summed E-state index contributed by atoms with van der Waals surface area (Å²) in [6, 6.07) is 8.58. The van der Waals surface area contributed by atoms with Gasteiger partial charge in [-0.3, -0.25) is 4.79 Å². The lowest BCUT2D eigenvalue weighted by atomic mass is 10.1. The molecule has 2 aliphatic heterocycles. The van der Waals surface area contributed by atoms with Crippen LogP contribution in [0.5, 0.6) is 0 Å². The van der Waals surface area contributed by atoms with Crippen LogP contribution in [-0.2, 0) is 30.8 Å². The van der Waals surface area contributed by atoms with Gasteiger partial charge in [-0.1, -0.05) is 18.2 Å². The molecule has 2 aromatic rings. The molecule has 4 rings (SSSR count). The van der Waals surface area contributed by atoms with E-state index < -0.39 is 0 Å². The van der Waals surface area contributed by atoms with Crippen molar-refractivity contribution in [2.45, 2.75) is 39.4 Å². The number of para-hydroxylation sites is 1. The summed E-state index contributed by atoms with van der Waals surface area (Å²) in [6.07, 6.45) is 4.33. The number of benzene rings is 1. The van der Waals surface area contributed by atoms with Gasteiger partial charge in [0.15, 0.2) is 0 Å². The Morgan fingerprint density at radius 3 is 2.73 bits per heavy atom. The Morgan fingerprint density at radius 1 is 1.12 bits per heavy atom. The molecule has 1 saturated heterocycles. The van der Waals surface area contributed by atoms with Crippen molar-refractivity contribution in [1.29, 1.82) is 0 Å². The van der Waals surface area contributed by atoms with Gasteiger partial charge < -0.3 is 19.7 Å². The fraction of sp³-hybridized carbons (Fsp3) is 0.500. The third-order valence-electron chi connectivity index (χ3n) is 5.48. The molecular weight excluding hydrogens is 326 g/mol. The van der Waals surface area contributed by atoms with Crippen molar-refractivity contribution in [3.8, 4) is 0 Å². The maximum atomic E-state index is 11.5. The van der Waals surface area contributed by atoms with Crippen molar-refractivity contribution in [2.24, 2.45) is 0 Å². The van der Waals surface area contributed by atoms with Crippen molar-refractivity contribution < 1.29 is 4.79 Å². The van der Waals surface area contributed by atoms with Crippen LogP contribution < -0.4 is 10.2 Å². The van der Waals surface area contributed by atoms with Crippen molar-refractivity contribution >= 4 is 11.6 Å². The van der Waals surface area contributed by atoms with Gasteiger partial charge in [-0.25, -0.2) is 4.98 Å². The molecule has 2 aliphatic rings. The zero-order chi connectivity index (χ0) is 17.9. The van der Waals surface area contributed by atoms with Crippen LogP contribution >= 0.6 is 0 Å². The summed E-state index contributed by atoms with van der Waals surface area (Å²) in [4.78, 5) is 20.4. The lowest BCUT2D eigenvalue weighted by Gasteiger charge is -2.36. The number of fused-ring (bicyclic) bond motifs is 1. The molecule has 0 aliphatic carbocycles. The molecule has 138 valence electrons. The fourth-order valence-electron chi connectivity index (χ4n) is 4.02. The number of carbonyl (C=O) groups excluding carboxylic acids is 1. The minimum Gasteiger partial charge on any atom is -0.368 e. The average Bonchev–Trinajstić information content (AvgIpc) is 3.27. The van der Waals surface area contributed by atoms with Crippen molar-refractivity contribution in [2.75, 3.05) is 31.1 Å². The van der Waals surface area contributed by atoms with E-state index in [1.807, 2.05) is 11.1 Å². The number of piperazine rings is 1. The van der Waals surface area contributed by atoms with E-state index in [9.17, 15) is 4.79 Å². The molecule has 1 fully saturated rings. The molecular formula is C20H27N5O. The van der Waals surface area contributed by atoms with E-state index >= 15 is 0 Å². The van der Waals surface area contributed by atoms with Gasteiger partial charge in [0, 0.05) is 71.0 Å². The Kier molecular flexibility index (Phi) is 4.93. The Balaban J connectivity index is 1.37. The second kappa shape index (κ2) is 7.50. The highest BCUT2D eigenvalue weighted by atomic mass is 16.2. The Bertz CT molecular complexity index is 776. The zero-order valence-corrected chi connectivity index (χ0v) is 15.4. The first-order chi connectivity index (χ1) is 12.7. The van der Waals surface area contributed by atoms with Gasteiger partial charge in [0.05, 0.1) is 5.69 Å². The summed E-state index contributed by atoms with van der Waals surface area (Å²) in [5.74, 6) is 1.40. The van der Waals surface area contributed by atoms with Gasteiger partial charge in [-0.05, 0) is 18.1 Å². The highest BCUT2D eigenvalue weighted by Gasteiger charge is 2.20. The van der Waals surface area contributed by atoms with Gasteiger partial charge >= 0.3 is 0 Å². The molecule has 0 unspecified atom stereocenters. The average molecular weight is 353 g/mol. The Morgan fingerprint density at radius 2 is 1.92 bits per heavy atom. The van der Waals surface area contributed by atoms with Crippen LogP contribution in [0.3, 0.4) is 0 Å². The minimum atomic E-state index is 0.174. The number of nitrogens with one attached hydrogen (secondary N) is 1. The molecule has 1 aromatic heterocycles. The molecule has 0 bridgehead atoms. The predicted octanol–water partition coefficient (Wildman–Crippen LogP) is 1.79. The molecule has 26 heavy (non-hydrogen) atoms. The summed E-state index contributed by atoms with van der Waals surface area (Å²) < 4.78 is 2.35. The highest BCUT2D eigenvalue weighted by molar-refractivity contribution is 5.73. The minimum absolute atomic E-state index is 0.174. The van der Waals surface area contributed by atoms with Gasteiger partial charge in [-0.2, -0.15) is 0 Å². The molecule has 1 aromatic carbocycles. The first-order valence-corrected chi connectivity index (χ1v) is 9.55. The normalized spacial score (nSPS) is 16.8. The van der Waals surface area contributed by atoms with Gasteiger partial charge in [0.1, 0.15) is 5.82 Å². The standard InChI is InChI=1S/C20H27N5O/c1-16(26)23-9-11-24(12-10-23)19-6-3-2-5-17(19)13-21-14-18-15-22-20-7-4-8-25(18)20/h2-3,5-6,15,21H,4,7-14H2,1H3. The van der Waals surface area contributed by atoms with Crippen LogP contribution in [0.2, 0.25) is 0 Å².